The van der Waals surface area contributed by atoms with Gasteiger partial charge in [0.1, 0.15) is 5.82 Å². The minimum absolute atomic E-state index is 0.0932. The Labute approximate surface area is 147 Å². The number of amides is 1. The molecule has 2 aromatic carbocycles. The van der Waals surface area contributed by atoms with E-state index in [9.17, 15) is 9.18 Å². The van der Waals surface area contributed by atoms with Crippen LogP contribution in [0.2, 0.25) is 0 Å². The molecule has 0 aromatic heterocycles. The summed E-state index contributed by atoms with van der Waals surface area (Å²) in [6.45, 7) is 3.35. The molecule has 0 fully saturated rings. The maximum atomic E-state index is 13.6. The van der Waals surface area contributed by atoms with E-state index < -0.39 is 0 Å². The van der Waals surface area contributed by atoms with Crippen LogP contribution >= 0.6 is 0 Å². The van der Waals surface area contributed by atoms with Crippen LogP contribution in [0, 0.1) is 5.82 Å². The third kappa shape index (κ3) is 6.63. The molecule has 2 aromatic rings. The summed E-state index contributed by atoms with van der Waals surface area (Å²) in [5.74, 6) is 0.0451. The Bertz CT molecular complexity index is 704. The van der Waals surface area contributed by atoms with Crippen LogP contribution in [0.25, 0.3) is 0 Å². The monoisotopic (exact) mass is 342 g/mol. The molecule has 0 heterocycles. The molecule has 0 aliphatic heterocycles. The Morgan fingerprint density at radius 3 is 2.44 bits per heavy atom. The minimum Gasteiger partial charge on any atom is -0.357 e. The summed E-state index contributed by atoms with van der Waals surface area (Å²) in [4.78, 5) is 16.2. The van der Waals surface area contributed by atoms with Crippen molar-refractivity contribution in [3.63, 3.8) is 0 Å². The average molecular weight is 342 g/mol. The fraction of sp³-hybridized carbons (Fsp3) is 0.263. The molecule has 0 radical (unpaired) electrons. The number of hydrogen-bond donors (Lipinski definition) is 3. The molecule has 0 saturated carbocycles. The van der Waals surface area contributed by atoms with Gasteiger partial charge >= 0.3 is 0 Å². The SMILES string of the molecule is CCNC(=NCc1ccccc1F)NCC(=O)NCc1ccccc1. The highest BCUT2D eigenvalue weighted by Gasteiger charge is 2.05. The van der Waals surface area contributed by atoms with Crippen LogP contribution in [0.5, 0.6) is 0 Å². The summed E-state index contributed by atoms with van der Waals surface area (Å²) in [6, 6.07) is 16.2. The van der Waals surface area contributed by atoms with E-state index in [1.807, 2.05) is 37.3 Å². The fourth-order valence-electron chi connectivity index (χ4n) is 2.16. The van der Waals surface area contributed by atoms with Gasteiger partial charge in [0.15, 0.2) is 5.96 Å². The second kappa shape index (κ2) is 10.1. The van der Waals surface area contributed by atoms with Crippen molar-refractivity contribution in [3.05, 3.63) is 71.5 Å². The molecule has 5 nitrogen and oxygen atoms in total. The molecule has 3 N–H and O–H groups in total. The molecule has 0 spiro atoms. The van der Waals surface area contributed by atoms with Gasteiger partial charge in [0.2, 0.25) is 5.91 Å². The number of guanidine groups is 1. The number of carbonyl (C=O) groups is 1. The first-order valence-electron chi connectivity index (χ1n) is 8.25. The fourth-order valence-corrected chi connectivity index (χ4v) is 2.16. The molecule has 6 heteroatoms. The Balaban J connectivity index is 1.83. The van der Waals surface area contributed by atoms with Gasteiger partial charge in [-0.2, -0.15) is 0 Å². The highest BCUT2D eigenvalue weighted by Crippen LogP contribution is 2.07. The molecule has 132 valence electrons. The van der Waals surface area contributed by atoms with Crippen molar-refractivity contribution in [2.75, 3.05) is 13.1 Å². The molecule has 0 aliphatic rings. The van der Waals surface area contributed by atoms with Gasteiger partial charge < -0.3 is 16.0 Å². The Hall–Kier alpha value is -2.89. The summed E-state index contributed by atoms with van der Waals surface area (Å²) in [6.07, 6.45) is 0. The van der Waals surface area contributed by atoms with Crippen molar-refractivity contribution in [1.29, 1.82) is 0 Å². The van der Waals surface area contributed by atoms with Crippen LogP contribution in [0.3, 0.4) is 0 Å². The van der Waals surface area contributed by atoms with E-state index in [4.69, 9.17) is 0 Å². The Morgan fingerprint density at radius 2 is 1.72 bits per heavy atom. The number of benzene rings is 2. The van der Waals surface area contributed by atoms with Crippen molar-refractivity contribution in [2.24, 2.45) is 4.99 Å². The largest absolute Gasteiger partial charge is 0.357 e. The van der Waals surface area contributed by atoms with Gasteiger partial charge in [-0.05, 0) is 18.6 Å². The van der Waals surface area contributed by atoms with Crippen molar-refractivity contribution in [3.8, 4) is 0 Å². The Morgan fingerprint density at radius 1 is 1.00 bits per heavy atom. The average Bonchev–Trinajstić information content (AvgIpc) is 2.64. The number of nitrogens with one attached hydrogen (secondary N) is 3. The maximum Gasteiger partial charge on any atom is 0.239 e. The minimum atomic E-state index is -0.289. The van der Waals surface area contributed by atoms with Crippen molar-refractivity contribution in [2.45, 2.75) is 20.0 Å². The van der Waals surface area contributed by atoms with Gasteiger partial charge in [-0.25, -0.2) is 9.38 Å². The topological polar surface area (TPSA) is 65.5 Å². The van der Waals surface area contributed by atoms with Crippen LogP contribution in [-0.2, 0) is 17.9 Å². The van der Waals surface area contributed by atoms with Crippen LogP contribution in [0.4, 0.5) is 4.39 Å². The molecule has 25 heavy (non-hydrogen) atoms. The predicted octanol–water partition coefficient (Wildman–Crippen LogP) is 2.20. The Kier molecular flexibility index (Phi) is 7.43. The van der Waals surface area contributed by atoms with Crippen LogP contribution in [0.1, 0.15) is 18.1 Å². The lowest BCUT2D eigenvalue weighted by Crippen LogP contribution is -2.43. The number of nitrogens with zero attached hydrogens (tertiary/aromatic N) is 1. The third-order valence-electron chi connectivity index (χ3n) is 3.46. The lowest BCUT2D eigenvalue weighted by molar-refractivity contribution is -0.120. The van der Waals surface area contributed by atoms with E-state index in [0.717, 1.165) is 5.56 Å². The number of hydrogen-bond acceptors (Lipinski definition) is 2. The predicted molar refractivity (Wildman–Crippen MR) is 97.5 cm³/mol. The molecule has 0 atom stereocenters. The summed E-state index contributed by atoms with van der Waals surface area (Å²) in [5.41, 5.74) is 1.55. The molecular weight excluding hydrogens is 319 g/mol. The smallest absolute Gasteiger partial charge is 0.239 e. The van der Waals surface area contributed by atoms with Gasteiger partial charge in [0.05, 0.1) is 13.1 Å². The van der Waals surface area contributed by atoms with Crippen LogP contribution in [0.15, 0.2) is 59.6 Å². The zero-order valence-corrected chi connectivity index (χ0v) is 14.3. The standard InChI is InChI=1S/C19H23FN4O/c1-2-21-19(23-13-16-10-6-7-11-17(16)20)24-14-18(25)22-12-15-8-4-3-5-9-15/h3-11H,2,12-14H2,1H3,(H,22,25)(H2,21,23,24). The van der Waals surface area contributed by atoms with E-state index in [1.165, 1.54) is 6.07 Å². The molecular formula is C19H23FN4O. The van der Waals surface area contributed by atoms with Gasteiger partial charge in [-0.15, -0.1) is 0 Å². The molecule has 2 rings (SSSR count). The first kappa shape index (κ1) is 18.4. The zero-order valence-electron chi connectivity index (χ0n) is 14.3. The van der Waals surface area contributed by atoms with E-state index in [0.29, 0.717) is 24.6 Å². The van der Waals surface area contributed by atoms with Crippen molar-refractivity contribution < 1.29 is 9.18 Å². The van der Waals surface area contributed by atoms with Gasteiger partial charge in [-0.3, -0.25) is 4.79 Å². The molecule has 1 amide bonds. The highest BCUT2D eigenvalue weighted by atomic mass is 19.1. The van der Waals surface area contributed by atoms with Crippen molar-refractivity contribution >= 4 is 11.9 Å². The number of carbonyl (C=O) groups excluding carboxylic acids is 1. The first-order chi connectivity index (χ1) is 12.2. The summed E-state index contributed by atoms with van der Waals surface area (Å²) in [7, 11) is 0. The molecule has 0 unspecified atom stereocenters. The van der Waals surface area contributed by atoms with Gasteiger partial charge in [0, 0.05) is 18.7 Å². The maximum absolute atomic E-state index is 13.6. The molecule has 0 aliphatic carbocycles. The van der Waals surface area contributed by atoms with Crippen molar-refractivity contribution in [1.82, 2.24) is 16.0 Å². The van der Waals surface area contributed by atoms with E-state index in [1.54, 1.807) is 18.2 Å². The third-order valence-corrected chi connectivity index (χ3v) is 3.46. The van der Waals surface area contributed by atoms with Crippen LogP contribution in [-0.4, -0.2) is 25.0 Å². The second-order valence-corrected chi connectivity index (χ2v) is 5.40. The van der Waals surface area contributed by atoms with Crippen LogP contribution < -0.4 is 16.0 Å². The summed E-state index contributed by atoms with van der Waals surface area (Å²) >= 11 is 0. The summed E-state index contributed by atoms with van der Waals surface area (Å²) < 4.78 is 13.6. The lowest BCUT2D eigenvalue weighted by atomic mass is 10.2. The second-order valence-electron chi connectivity index (χ2n) is 5.40. The quantitative estimate of drug-likeness (QED) is 0.534. The van der Waals surface area contributed by atoms with E-state index >= 15 is 0 Å². The molecule has 0 bridgehead atoms. The van der Waals surface area contributed by atoms with Gasteiger partial charge in [-0.1, -0.05) is 48.5 Å². The first-order valence-corrected chi connectivity index (χ1v) is 8.25. The zero-order chi connectivity index (χ0) is 17.9. The number of rotatable bonds is 7. The molecule has 0 saturated heterocycles. The van der Waals surface area contributed by atoms with E-state index in [2.05, 4.69) is 20.9 Å². The number of halogens is 1. The van der Waals surface area contributed by atoms with E-state index in [-0.39, 0.29) is 24.8 Å². The summed E-state index contributed by atoms with van der Waals surface area (Å²) in [5, 5.41) is 8.82. The lowest BCUT2D eigenvalue weighted by Gasteiger charge is -2.11. The van der Waals surface area contributed by atoms with Gasteiger partial charge in [0.25, 0.3) is 0 Å². The highest BCUT2D eigenvalue weighted by molar-refractivity contribution is 5.86. The normalized spacial score (nSPS) is 11.0. The number of aliphatic imine (C=N–C) groups is 1.